The summed E-state index contributed by atoms with van der Waals surface area (Å²) in [5, 5.41) is 2.10. The lowest BCUT2D eigenvalue weighted by molar-refractivity contribution is -0.137. The van der Waals surface area contributed by atoms with Crippen molar-refractivity contribution in [1.82, 2.24) is 4.98 Å². The van der Waals surface area contributed by atoms with Gasteiger partial charge in [-0.2, -0.15) is 13.2 Å². The number of benzene rings is 2. The highest BCUT2D eigenvalue weighted by Crippen LogP contribution is 2.35. The minimum atomic E-state index is -4.67. The fourth-order valence-electron chi connectivity index (χ4n) is 3.15. The van der Waals surface area contributed by atoms with Crippen LogP contribution < -0.4 is 14.9 Å². The number of nitrogens with one attached hydrogen (secondary N) is 2. The molecule has 35 heavy (non-hydrogen) atoms. The molecule has 0 atom stereocenters. The maximum absolute atomic E-state index is 13.0. The molecule has 2 aromatic carbocycles. The molecule has 2 N–H and O–H groups in total. The van der Waals surface area contributed by atoms with Crippen molar-refractivity contribution >= 4 is 50.6 Å². The predicted octanol–water partition coefficient (Wildman–Crippen LogP) is 4.34. The van der Waals surface area contributed by atoms with E-state index in [1.807, 2.05) is 0 Å². The number of nitrogens with zero attached hydrogens (tertiary/aromatic N) is 2. The first-order chi connectivity index (χ1) is 16.5. The van der Waals surface area contributed by atoms with Crippen molar-refractivity contribution in [3.8, 4) is 0 Å². The van der Waals surface area contributed by atoms with Crippen LogP contribution in [0.25, 0.3) is 0 Å². The molecular formula is C22H14ClF3N4O4S. The van der Waals surface area contributed by atoms with Gasteiger partial charge in [-0.15, -0.1) is 0 Å². The van der Waals surface area contributed by atoms with Crippen LogP contribution in [0.5, 0.6) is 0 Å². The van der Waals surface area contributed by atoms with Gasteiger partial charge in [-0.1, -0.05) is 23.7 Å². The molecule has 2 heterocycles. The Hall–Kier alpha value is -3.90. The van der Waals surface area contributed by atoms with Gasteiger partial charge in [-0.05, 0) is 54.6 Å². The Labute approximate surface area is 202 Å². The number of hydrogen-bond acceptors (Lipinski definition) is 6. The number of halogens is 4. The van der Waals surface area contributed by atoms with E-state index in [-0.39, 0.29) is 27.8 Å². The summed E-state index contributed by atoms with van der Waals surface area (Å²) < 4.78 is 66.5. The molecule has 0 unspecified atom stereocenters. The van der Waals surface area contributed by atoms with Crippen LogP contribution in [0.1, 0.15) is 5.56 Å². The molecule has 0 radical (unpaired) electrons. The monoisotopic (exact) mass is 522 g/mol. The van der Waals surface area contributed by atoms with E-state index in [1.165, 1.54) is 42.6 Å². The highest BCUT2D eigenvalue weighted by molar-refractivity contribution is 7.92. The lowest BCUT2D eigenvalue weighted by Gasteiger charge is -2.17. The Morgan fingerprint density at radius 1 is 0.914 bits per heavy atom. The molecule has 0 fully saturated rings. The largest absolute Gasteiger partial charge is 0.416 e. The van der Waals surface area contributed by atoms with Crippen LogP contribution in [-0.2, 0) is 25.8 Å². The minimum absolute atomic E-state index is 0.104. The van der Waals surface area contributed by atoms with E-state index < -0.39 is 38.6 Å². The van der Waals surface area contributed by atoms with Crippen molar-refractivity contribution < 1.29 is 31.2 Å². The zero-order valence-electron chi connectivity index (χ0n) is 17.4. The number of pyridine rings is 1. The molecule has 1 aromatic heterocycles. The SMILES string of the molecule is O=C1C(Cl)=C(Nc2ccc(S(=O)(=O)Nc3ccccn3)cc2)C(=O)N1c1cccc(C(F)(F)F)c1. The summed E-state index contributed by atoms with van der Waals surface area (Å²) in [5.74, 6) is -1.85. The number of hydrogen-bond donors (Lipinski definition) is 2. The van der Waals surface area contributed by atoms with E-state index in [0.717, 1.165) is 12.1 Å². The third-order valence-electron chi connectivity index (χ3n) is 4.80. The Bertz CT molecular complexity index is 1440. The Morgan fingerprint density at radius 3 is 2.26 bits per heavy atom. The van der Waals surface area contributed by atoms with E-state index in [0.29, 0.717) is 11.0 Å². The van der Waals surface area contributed by atoms with Gasteiger partial charge in [0.1, 0.15) is 16.5 Å². The Kier molecular flexibility index (Phi) is 6.26. The zero-order valence-corrected chi connectivity index (χ0v) is 18.9. The number of carbonyl (C=O) groups is 2. The van der Waals surface area contributed by atoms with Gasteiger partial charge in [-0.3, -0.25) is 14.3 Å². The number of alkyl halides is 3. The van der Waals surface area contributed by atoms with Gasteiger partial charge < -0.3 is 5.32 Å². The molecule has 0 saturated heterocycles. The van der Waals surface area contributed by atoms with Crippen molar-refractivity contribution in [3.05, 3.63) is 89.2 Å². The standard InChI is InChI=1S/C22H14ClF3N4O4S/c23-18-19(21(32)30(20(18)31)15-5-3-4-13(12-15)22(24,25)26)28-14-7-9-16(10-8-14)35(33,34)29-17-6-1-2-11-27-17/h1-12,28H,(H,27,29). The van der Waals surface area contributed by atoms with Gasteiger partial charge in [0.15, 0.2) is 0 Å². The van der Waals surface area contributed by atoms with Crippen molar-refractivity contribution in [2.75, 3.05) is 14.9 Å². The predicted molar refractivity (Wildman–Crippen MR) is 122 cm³/mol. The summed E-state index contributed by atoms with van der Waals surface area (Å²) in [6, 6.07) is 13.6. The lowest BCUT2D eigenvalue weighted by atomic mass is 10.2. The van der Waals surface area contributed by atoms with Gasteiger partial charge in [0, 0.05) is 11.9 Å². The second kappa shape index (κ2) is 9.04. The van der Waals surface area contributed by atoms with E-state index >= 15 is 0 Å². The summed E-state index contributed by atoms with van der Waals surface area (Å²) in [4.78, 5) is 29.7. The van der Waals surface area contributed by atoms with Gasteiger partial charge in [0.2, 0.25) is 0 Å². The quantitative estimate of drug-likeness (QED) is 0.466. The van der Waals surface area contributed by atoms with Crippen LogP contribution in [-0.4, -0.2) is 25.2 Å². The maximum Gasteiger partial charge on any atom is 0.416 e. The number of amides is 2. The molecular weight excluding hydrogens is 509 g/mol. The summed E-state index contributed by atoms with van der Waals surface area (Å²) in [6.07, 6.45) is -3.25. The molecule has 8 nitrogen and oxygen atoms in total. The first-order valence-electron chi connectivity index (χ1n) is 9.74. The van der Waals surface area contributed by atoms with E-state index in [1.54, 1.807) is 12.1 Å². The smallest absolute Gasteiger partial charge is 0.350 e. The van der Waals surface area contributed by atoms with E-state index in [2.05, 4.69) is 15.0 Å². The molecule has 0 bridgehead atoms. The highest BCUT2D eigenvalue weighted by atomic mass is 35.5. The Balaban J connectivity index is 1.54. The minimum Gasteiger partial charge on any atom is -0.350 e. The summed E-state index contributed by atoms with van der Waals surface area (Å²) in [7, 11) is -3.95. The fraction of sp³-hybridized carbons (Fsp3) is 0.0455. The summed E-state index contributed by atoms with van der Waals surface area (Å²) in [5.41, 5.74) is -1.49. The van der Waals surface area contributed by atoms with Crippen molar-refractivity contribution in [3.63, 3.8) is 0 Å². The lowest BCUT2D eigenvalue weighted by Crippen LogP contribution is -2.32. The van der Waals surface area contributed by atoms with E-state index in [9.17, 15) is 31.2 Å². The van der Waals surface area contributed by atoms with Crippen molar-refractivity contribution in [1.29, 1.82) is 0 Å². The normalized spacial score (nSPS) is 14.5. The second-order valence-corrected chi connectivity index (χ2v) is 9.21. The third-order valence-corrected chi connectivity index (χ3v) is 6.52. The molecule has 2 amide bonds. The average Bonchev–Trinajstić information content (AvgIpc) is 3.02. The fourth-order valence-corrected chi connectivity index (χ4v) is 4.37. The van der Waals surface area contributed by atoms with E-state index in [4.69, 9.17) is 11.6 Å². The summed E-state index contributed by atoms with van der Waals surface area (Å²) in [6.45, 7) is 0. The van der Waals surface area contributed by atoms with Crippen LogP contribution in [0, 0.1) is 0 Å². The topological polar surface area (TPSA) is 108 Å². The van der Waals surface area contributed by atoms with Crippen LogP contribution in [0.4, 0.5) is 30.4 Å². The number of carbonyl (C=O) groups excluding carboxylic acids is 2. The average molecular weight is 523 g/mol. The summed E-state index contributed by atoms with van der Waals surface area (Å²) >= 11 is 6.01. The molecule has 0 saturated carbocycles. The number of aromatic nitrogens is 1. The van der Waals surface area contributed by atoms with Crippen LogP contribution in [0.2, 0.25) is 0 Å². The Morgan fingerprint density at radius 2 is 1.63 bits per heavy atom. The van der Waals surface area contributed by atoms with Crippen LogP contribution >= 0.6 is 11.6 Å². The molecule has 0 spiro atoms. The first kappa shape index (κ1) is 24.2. The van der Waals surface area contributed by atoms with Crippen molar-refractivity contribution in [2.45, 2.75) is 11.1 Å². The molecule has 1 aliphatic rings. The van der Waals surface area contributed by atoms with Gasteiger partial charge in [0.25, 0.3) is 21.8 Å². The number of sulfonamides is 1. The van der Waals surface area contributed by atoms with Crippen LogP contribution in [0.3, 0.4) is 0 Å². The molecule has 13 heteroatoms. The zero-order chi connectivity index (χ0) is 25.4. The van der Waals surface area contributed by atoms with Crippen molar-refractivity contribution in [2.24, 2.45) is 0 Å². The second-order valence-electron chi connectivity index (χ2n) is 7.15. The molecule has 3 aromatic rings. The maximum atomic E-state index is 13.0. The molecule has 1 aliphatic heterocycles. The van der Waals surface area contributed by atoms with Gasteiger partial charge in [0.05, 0.1) is 16.1 Å². The number of rotatable bonds is 6. The van der Waals surface area contributed by atoms with Gasteiger partial charge >= 0.3 is 6.18 Å². The molecule has 180 valence electrons. The van der Waals surface area contributed by atoms with Gasteiger partial charge in [-0.25, -0.2) is 18.3 Å². The number of imide groups is 1. The highest BCUT2D eigenvalue weighted by Gasteiger charge is 2.40. The molecule has 0 aliphatic carbocycles. The third kappa shape index (κ3) is 4.98. The first-order valence-corrected chi connectivity index (χ1v) is 11.6. The number of anilines is 3. The van der Waals surface area contributed by atoms with Crippen LogP contribution in [0.15, 0.2) is 88.6 Å². The molecule has 4 rings (SSSR count).